The number of hydrogen-bond donors (Lipinski definition) is 3. The van der Waals surface area contributed by atoms with Crippen LogP contribution in [0, 0.1) is 5.92 Å². The summed E-state index contributed by atoms with van der Waals surface area (Å²) in [5.74, 6) is -0.703. The zero-order valence-corrected chi connectivity index (χ0v) is 16.0. The van der Waals surface area contributed by atoms with Crippen molar-refractivity contribution < 1.29 is 19.2 Å². The third-order valence-corrected chi connectivity index (χ3v) is 5.42. The zero-order chi connectivity index (χ0) is 20.1. The Bertz CT molecular complexity index is 773. The number of imide groups is 1. The van der Waals surface area contributed by atoms with E-state index in [2.05, 4.69) is 16.0 Å². The Morgan fingerprint density at radius 3 is 2.71 bits per heavy atom. The van der Waals surface area contributed by atoms with Crippen molar-refractivity contribution in [2.75, 3.05) is 32.0 Å². The van der Waals surface area contributed by atoms with Gasteiger partial charge in [-0.1, -0.05) is 6.07 Å². The second-order valence-electron chi connectivity index (χ2n) is 7.20. The molecular formula is C20H26N4O4. The van der Waals surface area contributed by atoms with Crippen molar-refractivity contribution >= 4 is 29.7 Å². The Labute approximate surface area is 164 Å². The standard InChI is InChI=1S/C20H26N4O4/c1-21-17(26)6-5-14(12-25)24-19(27)15-3-2-4-16(18(15)20(24)28)23-11-13-7-9-22-10-8-13/h2-4,12-14,22-23H,5-11H2,1H3,(H,21,26). The van der Waals surface area contributed by atoms with Crippen LogP contribution in [0.15, 0.2) is 18.2 Å². The van der Waals surface area contributed by atoms with Crippen LogP contribution in [-0.4, -0.2) is 61.6 Å². The third kappa shape index (κ3) is 4.06. The normalized spacial score (nSPS) is 18.0. The van der Waals surface area contributed by atoms with Crippen molar-refractivity contribution in [2.24, 2.45) is 5.92 Å². The average Bonchev–Trinajstić information content (AvgIpc) is 2.99. The maximum absolute atomic E-state index is 13.0. The number of rotatable bonds is 8. The lowest BCUT2D eigenvalue weighted by Crippen LogP contribution is -2.41. The summed E-state index contributed by atoms with van der Waals surface area (Å²) in [4.78, 5) is 49.8. The van der Waals surface area contributed by atoms with Gasteiger partial charge in [0.15, 0.2) is 0 Å². The zero-order valence-electron chi connectivity index (χ0n) is 16.0. The van der Waals surface area contributed by atoms with E-state index in [0.717, 1.165) is 37.4 Å². The van der Waals surface area contributed by atoms with Gasteiger partial charge in [0.25, 0.3) is 11.8 Å². The number of carbonyl (C=O) groups is 4. The Hall–Kier alpha value is -2.74. The van der Waals surface area contributed by atoms with Crippen molar-refractivity contribution in [2.45, 2.75) is 31.7 Å². The highest BCUT2D eigenvalue weighted by Crippen LogP contribution is 2.31. The third-order valence-electron chi connectivity index (χ3n) is 5.42. The summed E-state index contributed by atoms with van der Waals surface area (Å²) in [5, 5.41) is 9.12. The molecule has 1 fully saturated rings. The molecule has 3 rings (SSSR count). The summed E-state index contributed by atoms with van der Waals surface area (Å²) in [5.41, 5.74) is 1.23. The molecule has 28 heavy (non-hydrogen) atoms. The summed E-state index contributed by atoms with van der Waals surface area (Å²) in [6.07, 6.45) is 2.86. The molecule has 0 aromatic heterocycles. The van der Waals surface area contributed by atoms with Crippen LogP contribution in [-0.2, 0) is 9.59 Å². The van der Waals surface area contributed by atoms with E-state index in [1.807, 2.05) is 0 Å². The number of anilines is 1. The predicted octanol–water partition coefficient (Wildman–Crippen LogP) is 0.788. The minimum absolute atomic E-state index is 0.0636. The molecule has 1 unspecified atom stereocenters. The van der Waals surface area contributed by atoms with E-state index < -0.39 is 17.9 Å². The van der Waals surface area contributed by atoms with Crippen LogP contribution in [0.25, 0.3) is 0 Å². The first kappa shape index (κ1) is 20.0. The van der Waals surface area contributed by atoms with Crippen LogP contribution in [0.5, 0.6) is 0 Å². The van der Waals surface area contributed by atoms with E-state index in [-0.39, 0.29) is 18.7 Å². The second kappa shape index (κ2) is 8.97. The molecule has 3 N–H and O–H groups in total. The van der Waals surface area contributed by atoms with Crippen molar-refractivity contribution in [3.8, 4) is 0 Å². The number of benzene rings is 1. The largest absolute Gasteiger partial charge is 0.384 e. The number of piperidine rings is 1. The molecule has 1 atom stereocenters. The quantitative estimate of drug-likeness (QED) is 0.450. The van der Waals surface area contributed by atoms with E-state index in [0.29, 0.717) is 29.0 Å². The molecule has 2 aliphatic heterocycles. The molecule has 0 saturated carbocycles. The molecule has 2 aliphatic rings. The molecule has 1 saturated heterocycles. The summed E-state index contributed by atoms with van der Waals surface area (Å²) in [6, 6.07) is 4.17. The van der Waals surface area contributed by atoms with E-state index in [9.17, 15) is 19.2 Å². The van der Waals surface area contributed by atoms with Gasteiger partial charge in [-0.15, -0.1) is 0 Å². The highest BCUT2D eigenvalue weighted by molar-refractivity contribution is 6.24. The monoisotopic (exact) mass is 386 g/mol. The molecule has 2 heterocycles. The SMILES string of the molecule is CNC(=O)CCC(C=O)N1C(=O)c2cccc(NCC3CCNCC3)c2C1=O. The highest BCUT2D eigenvalue weighted by atomic mass is 16.2. The van der Waals surface area contributed by atoms with Gasteiger partial charge in [-0.25, -0.2) is 0 Å². The molecule has 8 nitrogen and oxygen atoms in total. The van der Waals surface area contributed by atoms with E-state index in [1.54, 1.807) is 18.2 Å². The molecule has 1 aromatic carbocycles. The molecule has 0 aliphatic carbocycles. The first-order valence-corrected chi connectivity index (χ1v) is 9.68. The van der Waals surface area contributed by atoms with Crippen LogP contribution in [0.2, 0.25) is 0 Å². The van der Waals surface area contributed by atoms with Gasteiger partial charge in [0, 0.05) is 25.7 Å². The van der Waals surface area contributed by atoms with Gasteiger partial charge >= 0.3 is 0 Å². The summed E-state index contributed by atoms with van der Waals surface area (Å²) >= 11 is 0. The van der Waals surface area contributed by atoms with Gasteiger partial charge in [-0.3, -0.25) is 19.3 Å². The van der Waals surface area contributed by atoms with Gasteiger partial charge in [0.1, 0.15) is 6.29 Å². The lowest BCUT2D eigenvalue weighted by Gasteiger charge is -2.24. The van der Waals surface area contributed by atoms with E-state index in [4.69, 9.17) is 0 Å². The van der Waals surface area contributed by atoms with E-state index in [1.165, 1.54) is 7.05 Å². The van der Waals surface area contributed by atoms with Crippen LogP contribution < -0.4 is 16.0 Å². The Morgan fingerprint density at radius 2 is 2.04 bits per heavy atom. The van der Waals surface area contributed by atoms with Gasteiger partial charge in [-0.05, 0) is 50.4 Å². The minimum Gasteiger partial charge on any atom is -0.384 e. The number of nitrogens with zero attached hydrogens (tertiary/aromatic N) is 1. The van der Waals surface area contributed by atoms with Crippen molar-refractivity contribution in [3.63, 3.8) is 0 Å². The first-order chi connectivity index (χ1) is 13.6. The Balaban J connectivity index is 1.76. The lowest BCUT2D eigenvalue weighted by atomic mass is 9.98. The number of aldehydes is 1. The highest BCUT2D eigenvalue weighted by Gasteiger charge is 2.41. The fourth-order valence-corrected chi connectivity index (χ4v) is 3.75. The molecule has 0 spiro atoms. The summed E-state index contributed by atoms with van der Waals surface area (Å²) in [7, 11) is 1.50. The number of carbonyl (C=O) groups excluding carboxylic acids is 4. The molecule has 0 bridgehead atoms. The maximum Gasteiger partial charge on any atom is 0.264 e. The number of fused-ring (bicyclic) bond motifs is 1. The molecule has 0 radical (unpaired) electrons. The molecule has 8 heteroatoms. The predicted molar refractivity (Wildman–Crippen MR) is 104 cm³/mol. The van der Waals surface area contributed by atoms with Crippen molar-refractivity contribution in [1.82, 2.24) is 15.5 Å². The smallest absolute Gasteiger partial charge is 0.264 e. The molecular weight excluding hydrogens is 360 g/mol. The van der Waals surface area contributed by atoms with Crippen LogP contribution in [0.1, 0.15) is 46.4 Å². The average molecular weight is 386 g/mol. The van der Waals surface area contributed by atoms with Crippen molar-refractivity contribution in [1.29, 1.82) is 0 Å². The first-order valence-electron chi connectivity index (χ1n) is 9.68. The number of hydrogen-bond acceptors (Lipinski definition) is 6. The fourth-order valence-electron chi connectivity index (χ4n) is 3.75. The van der Waals surface area contributed by atoms with Gasteiger partial charge in [-0.2, -0.15) is 0 Å². The number of amides is 3. The van der Waals surface area contributed by atoms with Gasteiger partial charge < -0.3 is 20.7 Å². The summed E-state index contributed by atoms with van der Waals surface area (Å²) in [6.45, 7) is 2.70. The molecule has 1 aromatic rings. The van der Waals surface area contributed by atoms with E-state index >= 15 is 0 Å². The van der Waals surface area contributed by atoms with Crippen LogP contribution >= 0.6 is 0 Å². The van der Waals surface area contributed by atoms with Crippen molar-refractivity contribution in [3.05, 3.63) is 29.3 Å². The Kier molecular flexibility index (Phi) is 6.41. The Morgan fingerprint density at radius 1 is 1.29 bits per heavy atom. The molecule has 150 valence electrons. The lowest BCUT2D eigenvalue weighted by molar-refractivity contribution is -0.121. The summed E-state index contributed by atoms with van der Waals surface area (Å²) < 4.78 is 0. The maximum atomic E-state index is 13.0. The minimum atomic E-state index is -0.957. The van der Waals surface area contributed by atoms with Crippen LogP contribution in [0.4, 0.5) is 5.69 Å². The van der Waals surface area contributed by atoms with Gasteiger partial charge in [0.05, 0.1) is 17.2 Å². The van der Waals surface area contributed by atoms with Gasteiger partial charge in [0.2, 0.25) is 5.91 Å². The van der Waals surface area contributed by atoms with Crippen LogP contribution in [0.3, 0.4) is 0 Å². The second-order valence-corrected chi connectivity index (χ2v) is 7.20. The topological polar surface area (TPSA) is 108 Å². The molecule has 3 amide bonds. The fraction of sp³-hybridized carbons (Fsp3) is 0.500. The number of nitrogens with one attached hydrogen (secondary N) is 3.